The average molecular weight is 321 g/mol. The highest BCUT2D eigenvalue weighted by atomic mass is 32.2. The van der Waals surface area contributed by atoms with Gasteiger partial charge in [-0.25, -0.2) is 12.8 Å². The molecule has 22 heavy (non-hydrogen) atoms. The van der Waals surface area contributed by atoms with E-state index in [-0.39, 0.29) is 16.7 Å². The Morgan fingerprint density at radius 1 is 1.23 bits per heavy atom. The van der Waals surface area contributed by atoms with Crippen molar-refractivity contribution in [2.75, 3.05) is 11.4 Å². The minimum absolute atomic E-state index is 0.0221. The zero-order chi connectivity index (χ0) is 15.9. The van der Waals surface area contributed by atoms with Crippen molar-refractivity contribution in [3.63, 3.8) is 0 Å². The highest BCUT2D eigenvalue weighted by molar-refractivity contribution is 7.92. The maximum absolute atomic E-state index is 13.9. The lowest BCUT2D eigenvalue weighted by Crippen LogP contribution is -2.35. The molecular formula is C16H16FNO3S. The van der Waals surface area contributed by atoms with E-state index in [1.165, 1.54) is 23.5 Å². The molecule has 0 saturated heterocycles. The van der Waals surface area contributed by atoms with E-state index in [1.807, 2.05) is 19.1 Å². The Morgan fingerprint density at radius 3 is 2.64 bits per heavy atom. The number of para-hydroxylation sites is 1. The molecule has 2 aromatic rings. The second-order valence-electron chi connectivity index (χ2n) is 5.28. The van der Waals surface area contributed by atoms with Crippen LogP contribution in [0, 0.1) is 5.82 Å². The molecule has 2 aromatic carbocycles. The van der Waals surface area contributed by atoms with Crippen molar-refractivity contribution in [1.29, 1.82) is 0 Å². The van der Waals surface area contributed by atoms with Gasteiger partial charge in [0.1, 0.15) is 0 Å². The van der Waals surface area contributed by atoms with Crippen molar-refractivity contribution < 1.29 is 17.5 Å². The van der Waals surface area contributed by atoms with Crippen molar-refractivity contribution in [2.24, 2.45) is 0 Å². The van der Waals surface area contributed by atoms with Crippen molar-refractivity contribution >= 4 is 15.7 Å². The summed E-state index contributed by atoms with van der Waals surface area (Å²) in [4.78, 5) is -0.0747. The molecule has 3 rings (SSSR count). The van der Waals surface area contributed by atoms with Gasteiger partial charge in [-0.05, 0) is 43.2 Å². The summed E-state index contributed by atoms with van der Waals surface area (Å²) in [7, 11) is -2.47. The fourth-order valence-corrected chi connectivity index (χ4v) is 4.53. The lowest BCUT2D eigenvalue weighted by Gasteiger charge is -2.24. The molecule has 0 amide bonds. The third-order valence-electron chi connectivity index (χ3n) is 3.82. The lowest BCUT2D eigenvalue weighted by atomic mass is 10.1. The SMILES string of the molecule is COc1ccc(S(=O)(=O)N2c3ccccc3C[C@H]2C)cc1F. The molecule has 0 spiro atoms. The van der Waals surface area contributed by atoms with Crippen LogP contribution in [0.15, 0.2) is 47.4 Å². The summed E-state index contributed by atoms with van der Waals surface area (Å²) in [5.74, 6) is -0.669. The zero-order valence-electron chi connectivity index (χ0n) is 12.3. The minimum Gasteiger partial charge on any atom is -0.494 e. The number of sulfonamides is 1. The van der Waals surface area contributed by atoms with E-state index < -0.39 is 15.8 Å². The molecule has 0 bridgehead atoms. The van der Waals surface area contributed by atoms with Gasteiger partial charge in [-0.3, -0.25) is 4.31 Å². The second-order valence-corrected chi connectivity index (χ2v) is 7.09. The first kappa shape index (κ1) is 14.8. The van der Waals surface area contributed by atoms with Crippen LogP contribution in [-0.2, 0) is 16.4 Å². The van der Waals surface area contributed by atoms with Gasteiger partial charge < -0.3 is 4.74 Å². The summed E-state index contributed by atoms with van der Waals surface area (Å²) < 4.78 is 45.8. The number of hydrogen-bond donors (Lipinski definition) is 0. The molecule has 0 aliphatic carbocycles. The van der Waals surface area contributed by atoms with Gasteiger partial charge in [0.15, 0.2) is 11.6 Å². The first-order valence-electron chi connectivity index (χ1n) is 6.91. The number of methoxy groups -OCH3 is 1. The summed E-state index contributed by atoms with van der Waals surface area (Å²) in [6, 6.07) is 10.9. The van der Waals surface area contributed by atoms with Crippen molar-refractivity contribution in [2.45, 2.75) is 24.3 Å². The van der Waals surface area contributed by atoms with Gasteiger partial charge in [-0.1, -0.05) is 18.2 Å². The quantitative estimate of drug-likeness (QED) is 0.873. The van der Waals surface area contributed by atoms with Crippen LogP contribution in [0.25, 0.3) is 0 Å². The Balaban J connectivity index is 2.09. The summed E-state index contributed by atoms with van der Waals surface area (Å²) in [5, 5.41) is 0. The monoisotopic (exact) mass is 321 g/mol. The maximum atomic E-state index is 13.9. The fraction of sp³-hybridized carbons (Fsp3) is 0.250. The van der Waals surface area contributed by atoms with Gasteiger partial charge >= 0.3 is 0 Å². The first-order chi connectivity index (χ1) is 10.4. The van der Waals surface area contributed by atoms with Crippen LogP contribution in [-0.4, -0.2) is 21.6 Å². The molecule has 0 saturated carbocycles. The van der Waals surface area contributed by atoms with Crippen molar-refractivity contribution in [1.82, 2.24) is 0 Å². The van der Waals surface area contributed by atoms with E-state index in [1.54, 1.807) is 12.1 Å². The number of benzene rings is 2. The highest BCUT2D eigenvalue weighted by Crippen LogP contribution is 2.37. The number of nitrogens with zero attached hydrogens (tertiary/aromatic N) is 1. The Hall–Kier alpha value is -2.08. The van der Waals surface area contributed by atoms with Gasteiger partial charge in [0, 0.05) is 6.04 Å². The molecule has 1 aliphatic rings. The Labute approximate surface area is 129 Å². The summed E-state index contributed by atoms with van der Waals surface area (Å²) in [5.41, 5.74) is 1.64. The largest absolute Gasteiger partial charge is 0.494 e. The smallest absolute Gasteiger partial charge is 0.264 e. The van der Waals surface area contributed by atoms with Gasteiger partial charge in [0.05, 0.1) is 17.7 Å². The summed E-state index contributed by atoms with van der Waals surface area (Å²) in [6.07, 6.45) is 0.647. The first-order valence-corrected chi connectivity index (χ1v) is 8.35. The molecule has 116 valence electrons. The van der Waals surface area contributed by atoms with Gasteiger partial charge in [-0.15, -0.1) is 0 Å². The summed E-state index contributed by atoms with van der Waals surface area (Å²) in [6.45, 7) is 1.84. The third kappa shape index (κ3) is 2.23. The molecule has 0 N–H and O–H groups in total. The molecule has 0 radical (unpaired) electrons. The molecule has 0 aromatic heterocycles. The van der Waals surface area contributed by atoms with Crippen LogP contribution in [0.3, 0.4) is 0 Å². The zero-order valence-corrected chi connectivity index (χ0v) is 13.1. The topological polar surface area (TPSA) is 46.6 Å². The van der Waals surface area contributed by atoms with E-state index in [9.17, 15) is 12.8 Å². The van der Waals surface area contributed by atoms with E-state index in [4.69, 9.17) is 4.74 Å². The molecule has 1 atom stereocenters. The predicted molar refractivity (Wildman–Crippen MR) is 82.2 cm³/mol. The van der Waals surface area contributed by atoms with Crippen LogP contribution in [0.1, 0.15) is 12.5 Å². The van der Waals surface area contributed by atoms with Crippen molar-refractivity contribution in [3.8, 4) is 5.75 Å². The van der Waals surface area contributed by atoms with Gasteiger partial charge in [-0.2, -0.15) is 0 Å². The second kappa shape index (κ2) is 5.28. The number of ether oxygens (including phenoxy) is 1. The maximum Gasteiger partial charge on any atom is 0.264 e. The van der Waals surface area contributed by atoms with Crippen LogP contribution in [0.4, 0.5) is 10.1 Å². The molecule has 0 unspecified atom stereocenters. The Kier molecular flexibility index (Phi) is 3.56. The number of anilines is 1. The summed E-state index contributed by atoms with van der Waals surface area (Å²) >= 11 is 0. The van der Waals surface area contributed by atoms with E-state index in [0.29, 0.717) is 12.1 Å². The van der Waals surface area contributed by atoms with E-state index in [2.05, 4.69) is 0 Å². The standard InChI is InChI=1S/C16H16FNO3S/c1-11-9-12-5-3-4-6-15(12)18(11)22(19,20)13-7-8-16(21-2)14(17)10-13/h3-8,10-11H,9H2,1-2H3/t11-/m1/s1. The van der Waals surface area contributed by atoms with Crippen LogP contribution < -0.4 is 9.04 Å². The third-order valence-corrected chi connectivity index (χ3v) is 5.75. The molecule has 6 heteroatoms. The Morgan fingerprint density at radius 2 is 1.95 bits per heavy atom. The fourth-order valence-electron chi connectivity index (χ4n) is 2.82. The van der Waals surface area contributed by atoms with Gasteiger partial charge in [0.25, 0.3) is 10.0 Å². The normalized spacial score (nSPS) is 17.4. The lowest BCUT2D eigenvalue weighted by molar-refractivity contribution is 0.385. The molecule has 4 nitrogen and oxygen atoms in total. The molecule has 1 aliphatic heterocycles. The number of hydrogen-bond acceptors (Lipinski definition) is 3. The average Bonchev–Trinajstić information content (AvgIpc) is 2.83. The minimum atomic E-state index is -3.81. The predicted octanol–water partition coefficient (Wildman–Crippen LogP) is 2.97. The molecule has 1 heterocycles. The number of fused-ring (bicyclic) bond motifs is 1. The van der Waals surface area contributed by atoms with Crippen molar-refractivity contribution in [3.05, 3.63) is 53.8 Å². The van der Waals surface area contributed by atoms with Crippen LogP contribution in [0.5, 0.6) is 5.75 Å². The number of rotatable bonds is 3. The number of halogens is 1. The van der Waals surface area contributed by atoms with Crippen LogP contribution in [0.2, 0.25) is 0 Å². The van der Waals surface area contributed by atoms with E-state index in [0.717, 1.165) is 11.6 Å². The van der Waals surface area contributed by atoms with Crippen LogP contribution >= 0.6 is 0 Å². The molecule has 0 fully saturated rings. The van der Waals surface area contributed by atoms with E-state index >= 15 is 0 Å². The Bertz CT molecular complexity index is 820. The highest BCUT2D eigenvalue weighted by Gasteiger charge is 2.36. The molecular weight excluding hydrogens is 305 g/mol. The van der Waals surface area contributed by atoms with Gasteiger partial charge in [0.2, 0.25) is 0 Å².